The van der Waals surface area contributed by atoms with E-state index in [0.717, 1.165) is 52.0 Å². The Morgan fingerprint density at radius 1 is 0.358 bits per heavy atom. The number of nitrogens with zero attached hydrogens (tertiary/aromatic N) is 2. The van der Waals surface area contributed by atoms with Gasteiger partial charge in [0.1, 0.15) is 11.5 Å². The zero-order valence-electron chi connectivity index (χ0n) is 29.1. The van der Waals surface area contributed by atoms with Crippen molar-refractivity contribution >= 4 is 57.2 Å². The van der Waals surface area contributed by atoms with Crippen LogP contribution < -0.4 is 30.9 Å². The van der Waals surface area contributed by atoms with Gasteiger partial charge in [0.2, 0.25) is 0 Å². The summed E-state index contributed by atoms with van der Waals surface area (Å²) in [4.78, 5) is 4.65. The first-order valence-electron chi connectivity index (χ1n) is 18.3. The highest BCUT2D eigenvalue weighted by Gasteiger charge is 2.39. The third kappa shape index (κ3) is 5.56. The van der Waals surface area contributed by atoms with Gasteiger partial charge in [-0.25, -0.2) is 0 Å². The Morgan fingerprint density at radius 3 is 1.36 bits per heavy atom. The van der Waals surface area contributed by atoms with Crippen LogP contribution in [0.4, 0.5) is 34.1 Å². The molecule has 0 aliphatic carbocycles. The number of hydrogen-bond acceptors (Lipinski definition) is 3. The van der Waals surface area contributed by atoms with Crippen LogP contribution in [-0.4, -0.2) is 6.71 Å². The lowest BCUT2D eigenvalue weighted by Crippen LogP contribution is -2.59. The molecule has 8 aromatic rings. The van der Waals surface area contributed by atoms with Crippen LogP contribution in [0.25, 0.3) is 11.1 Å². The van der Waals surface area contributed by atoms with Gasteiger partial charge in [0.25, 0.3) is 6.71 Å². The second kappa shape index (κ2) is 13.1. The predicted octanol–water partition coefficient (Wildman–Crippen LogP) is 10.8. The van der Waals surface area contributed by atoms with E-state index in [-0.39, 0.29) is 6.71 Å². The van der Waals surface area contributed by atoms with Gasteiger partial charge in [-0.1, -0.05) is 127 Å². The lowest BCUT2D eigenvalue weighted by atomic mass is 9.32. The van der Waals surface area contributed by atoms with Crippen molar-refractivity contribution in [2.75, 3.05) is 9.80 Å². The van der Waals surface area contributed by atoms with Crippen LogP contribution >= 0.6 is 0 Å². The molecule has 3 nitrogen and oxygen atoms in total. The van der Waals surface area contributed by atoms with Crippen molar-refractivity contribution in [1.82, 2.24) is 0 Å². The largest absolute Gasteiger partial charge is 0.458 e. The van der Waals surface area contributed by atoms with Crippen molar-refractivity contribution in [2.45, 2.75) is 6.42 Å². The quantitative estimate of drug-likeness (QED) is 0.156. The van der Waals surface area contributed by atoms with Crippen molar-refractivity contribution in [3.63, 3.8) is 0 Å². The zero-order chi connectivity index (χ0) is 35.1. The maximum absolute atomic E-state index is 7.01. The third-order valence-electron chi connectivity index (χ3n) is 10.5. The highest BCUT2D eigenvalue weighted by atomic mass is 16.5. The molecule has 250 valence electrons. The van der Waals surface area contributed by atoms with E-state index in [0.29, 0.717) is 0 Å². The number of para-hydroxylation sites is 4. The summed E-state index contributed by atoms with van der Waals surface area (Å²) in [6, 6.07) is 71.5. The van der Waals surface area contributed by atoms with E-state index in [4.69, 9.17) is 4.74 Å². The Labute approximate surface area is 311 Å². The summed E-state index contributed by atoms with van der Waals surface area (Å²) in [5, 5.41) is 0. The third-order valence-corrected chi connectivity index (χ3v) is 10.5. The molecule has 0 bridgehead atoms. The van der Waals surface area contributed by atoms with Gasteiger partial charge in [-0.05, 0) is 112 Å². The maximum atomic E-state index is 7.01. The van der Waals surface area contributed by atoms with E-state index in [1.165, 1.54) is 38.6 Å². The molecule has 0 unspecified atom stereocenters. The number of anilines is 6. The average molecular weight is 679 g/mol. The van der Waals surface area contributed by atoms with Gasteiger partial charge in [-0.2, -0.15) is 0 Å². The van der Waals surface area contributed by atoms with Crippen LogP contribution in [0.5, 0.6) is 11.5 Å². The maximum Gasteiger partial charge on any atom is 0.251 e. The van der Waals surface area contributed by atoms with Gasteiger partial charge in [-0.3, -0.25) is 0 Å². The highest BCUT2D eigenvalue weighted by molar-refractivity contribution is 6.97. The summed E-state index contributed by atoms with van der Waals surface area (Å²) < 4.78 is 7.01. The van der Waals surface area contributed by atoms with Gasteiger partial charge in [0.15, 0.2) is 0 Å². The molecule has 2 aliphatic heterocycles. The first kappa shape index (κ1) is 31.0. The van der Waals surface area contributed by atoms with Crippen molar-refractivity contribution in [3.8, 4) is 22.6 Å². The minimum Gasteiger partial charge on any atom is -0.458 e. The highest BCUT2D eigenvalue weighted by Crippen LogP contribution is 2.40. The molecule has 0 radical (unpaired) electrons. The van der Waals surface area contributed by atoms with Crippen LogP contribution in [0.15, 0.2) is 200 Å². The molecule has 10 rings (SSSR count). The molecular formula is C49H35BN2O. The Bertz CT molecular complexity index is 2320. The monoisotopic (exact) mass is 678 g/mol. The molecule has 4 heteroatoms. The molecular weight excluding hydrogens is 643 g/mol. The number of rotatable bonds is 7. The fraction of sp³-hybridized carbons (Fsp3) is 0.0204. The predicted molar refractivity (Wildman–Crippen MR) is 222 cm³/mol. The van der Waals surface area contributed by atoms with Crippen molar-refractivity contribution in [1.29, 1.82) is 0 Å². The molecule has 0 N–H and O–H groups in total. The zero-order valence-corrected chi connectivity index (χ0v) is 29.1. The lowest BCUT2D eigenvalue weighted by molar-refractivity contribution is 0.487. The molecule has 0 spiro atoms. The summed E-state index contributed by atoms with van der Waals surface area (Å²) in [5.74, 6) is 1.83. The second-order valence-electron chi connectivity index (χ2n) is 13.7. The number of ether oxygens (including phenoxy) is 1. The van der Waals surface area contributed by atoms with E-state index < -0.39 is 0 Å². The summed E-state index contributed by atoms with van der Waals surface area (Å²) in [7, 11) is 0. The molecule has 0 atom stereocenters. The molecule has 2 heterocycles. The minimum atomic E-state index is 0.0456. The smallest absolute Gasteiger partial charge is 0.251 e. The van der Waals surface area contributed by atoms with Crippen LogP contribution in [-0.2, 0) is 6.42 Å². The second-order valence-corrected chi connectivity index (χ2v) is 13.7. The van der Waals surface area contributed by atoms with E-state index in [2.05, 4.69) is 210 Å². The Kier molecular flexibility index (Phi) is 7.65. The van der Waals surface area contributed by atoms with Crippen molar-refractivity contribution in [2.24, 2.45) is 0 Å². The molecule has 8 aromatic carbocycles. The first-order valence-corrected chi connectivity index (χ1v) is 18.3. The van der Waals surface area contributed by atoms with Crippen LogP contribution in [0, 0.1) is 0 Å². The fourth-order valence-electron chi connectivity index (χ4n) is 8.20. The van der Waals surface area contributed by atoms with Gasteiger partial charge in [0, 0.05) is 40.2 Å². The van der Waals surface area contributed by atoms with Gasteiger partial charge >= 0.3 is 0 Å². The molecule has 0 fully saturated rings. The summed E-state index contributed by atoms with van der Waals surface area (Å²) in [6.45, 7) is 0.0456. The van der Waals surface area contributed by atoms with E-state index >= 15 is 0 Å². The van der Waals surface area contributed by atoms with Gasteiger partial charge < -0.3 is 14.5 Å². The number of hydrogen-bond donors (Lipinski definition) is 0. The van der Waals surface area contributed by atoms with Gasteiger partial charge in [-0.15, -0.1) is 0 Å². The van der Waals surface area contributed by atoms with Crippen LogP contribution in [0.1, 0.15) is 11.1 Å². The van der Waals surface area contributed by atoms with E-state index in [1.54, 1.807) is 0 Å². The molecule has 0 aromatic heterocycles. The average Bonchev–Trinajstić information content (AvgIpc) is 3.22. The first-order chi connectivity index (χ1) is 26.3. The Morgan fingerprint density at radius 2 is 0.830 bits per heavy atom. The SMILES string of the molecule is c1ccc(-c2cc3c4c(c2)Oc2cc(N(c5ccccc5)c5ccccc5)ccc2B4c2ccc(N(c4ccccc4)c4ccccc4)cc2C3)cc1. The topological polar surface area (TPSA) is 15.7 Å². The van der Waals surface area contributed by atoms with E-state index in [9.17, 15) is 0 Å². The molecule has 0 amide bonds. The minimum absolute atomic E-state index is 0.0456. The fourth-order valence-corrected chi connectivity index (χ4v) is 8.20. The number of fused-ring (bicyclic) bond motifs is 4. The Balaban J connectivity index is 1.15. The summed E-state index contributed by atoms with van der Waals surface area (Å²) >= 11 is 0. The normalized spacial score (nSPS) is 12.2. The molecule has 0 saturated heterocycles. The number of benzene rings is 8. The molecule has 53 heavy (non-hydrogen) atoms. The molecule has 2 aliphatic rings. The van der Waals surface area contributed by atoms with Crippen molar-refractivity contribution < 1.29 is 4.74 Å². The summed E-state index contributed by atoms with van der Waals surface area (Å²) in [5.41, 5.74) is 15.5. The standard InChI is InChI=1S/C49H35BN2O/c1-6-16-35(17-7-1)36-30-38-31-37-32-43(51(39-18-8-2-9-19-39)40-20-10-3-11-21-40)26-28-45(37)50-46-29-27-44(34-47(46)53-48(33-36)49(38)50)52(41-22-12-4-13-23-41)42-24-14-5-15-25-42/h1-30,32-34H,31H2. The van der Waals surface area contributed by atoms with Crippen LogP contribution in [0.2, 0.25) is 0 Å². The van der Waals surface area contributed by atoms with E-state index in [1.807, 2.05) is 0 Å². The van der Waals surface area contributed by atoms with Crippen LogP contribution in [0.3, 0.4) is 0 Å². The summed E-state index contributed by atoms with van der Waals surface area (Å²) in [6.07, 6.45) is 0.826. The lowest BCUT2D eigenvalue weighted by Gasteiger charge is -2.35. The Hall–Kier alpha value is -6.78. The van der Waals surface area contributed by atoms with Crippen molar-refractivity contribution in [3.05, 3.63) is 211 Å². The molecule has 0 saturated carbocycles. The van der Waals surface area contributed by atoms with Gasteiger partial charge in [0.05, 0.1) is 0 Å².